The number of hydrogen-bond acceptors (Lipinski definition) is 3. The zero-order valence-corrected chi connectivity index (χ0v) is 8.00. The van der Waals surface area contributed by atoms with Crippen molar-refractivity contribution in [1.82, 2.24) is 5.32 Å². The highest BCUT2D eigenvalue weighted by Gasteiger charge is 2.33. The Morgan fingerprint density at radius 3 is 2.62 bits per heavy atom. The lowest BCUT2D eigenvalue weighted by atomic mass is 10.0. The van der Waals surface area contributed by atoms with Crippen LogP contribution in [0.4, 0.5) is 0 Å². The molecule has 1 rings (SSSR count). The van der Waals surface area contributed by atoms with E-state index in [9.17, 15) is 9.59 Å². The van der Waals surface area contributed by atoms with Crippen LogP contribution in [0.25, 0.3) is 0 Å². The molecule has 0 aromatic rings. The maximum absolute atomic E-state index is 11.2. The van der Waals surface area contributed by atoms with E-state index in [1.54, 1.807) is 0 Å². The zero-order chi connectivity index (χ0) is 9.84. The Morgan fingerprint density at radius 1 is 1.38 bits per heavy atom. The van der Waals surface area contributed by atoms with Gasteiger partial charge in [0.05, 0.1) is 13.0 Å². The van der Waals surface area contributed by atoms with Gasteiger partial charge < -0.3 is 10.1 Å². The number of esters is 1. The van der Waals surface area contributed by atoms with Crippen LogP contribution in [0.5, 0.6) is 0 Å². The average Bonchev–Trinajstić information content (AvgIpc) is 2.50. The van der Waals surface area contributed by atoms with Gasteiger partial charge in [-0.15, -0.1) is 0 Å². The van der Waals surface area contributed by atoms with Crippen molar-refractivity contribution in [3.63, 3.8) is 0 Å². The van der Waals surface area contributed by atoms with Crippen molar-refractivity contribution in [1.29, 1.82) is 0 Å². The minimum absolute atomic E-state index is 0.0232. The van der Waals surface area contributed by atoms with E-state index < -0.39 is 0 Å². The normalized spacial score (nSPS) is 26.9. The molecule has 0 bridgehead atoms. The number of amides is 1. The van der Waals surface area contributed by atoms with Crippen LogP contribution < -0.4 is 5.32 Å². The van der Waals surface area contributed by atoms with Crippen molar-refractivity contribution in [2.45, 2.75) is 32.2 Å². The first kappa shape index (κ1) is 10.0. The van der Waals surface area contributed by atoms with Crippen LogP contribution in [0.3, 0.4) is 0 Å². The molecular weight excluding hydrogens is 170 g/mol. The van der Waals surface area contributed by atoms with E-state index in [-0.39, 0.29) is 23.8 Å². The third kappa shape index (κ3) is 2.44. The van der Waals surface area contributed by atoms with E-state index in [2.05, 4.69) is 10.1 Å². The number of nitrogens with one attached hydrogen (secondary N) is 1. The smallest absolute Gasteiger partial charge is 0.310 e. The number of hydrogen-bond donors (Lipinski definition) is 1. The summed E-state index contributed by atoms with van der Waals surface area (Å²) >= 11 is 0. The quantitative estimate of drug-likeness (QED) is 0.636. The number of carbonyl (C=O) groups is 2. The monoisotopic (exact) mass is 185 g/mol. The van der Waals surface area contributed by atoms with Gasteiger partial charge >= 0.3 is 5.97 Å². The summed E-state index contributed by atoms with van der Waals surface area (Å²) in [5, 5.41) is 2.77. The van der Waals surface area contributed by atoms with Crippen LogP contribution in [0.2, 0.25) is 0 Å². The molecule has 1 saturated carbocycles. The fourth-order valence-corrected chi connectivity index (χ4v) is 1.83. The van der Waals surface area contributed by atoms with Gasteiger partial charge in [0.1, 0.15) is 0 Å². The van der Waals surface area contributed by atoms with E-state index in [0.717, 1.165) is 19.3 Å². The van der Waals surface area contributed by atoms with Gasteiger partial charge in [0.15, 0.2) is 0 Å². The molecule has 1 aliphatic rings. The lowest BCUT2D eigenvalue weighted by Crippen LogP contribution is -2.39. The number of ether oxygens (including phenoxy) is 1. The van der Waals surface area contributed by atoms with Crippen LogP contribution in [0.15, 0.2) is 0 Å². The van der Waals surface area contributed by atoms with Gasteiger partial charge in [0, 0.05) is 13.0 Å². The van der Waals surface area contributed by atoms with Crippen molar-refractivity contribution in [2.24, 2.45) is 5.92 Å². The molecule has 1 aliphatic carbocycles. The minimum Gasteiger partial charge on any atom is -0.469 e. The first-order valence-corrected chi connectivity index (χ1v) is 4.50. The third-order valence-electron chi connectivity index (χ3n) is 2.41. The second kappa shape index (κ2) is 4.25. The van der Waals surface area contributed by atoms with E-state index in [0.29, 0.717) is 0 Å². The minimum atomic E-state index is -0.212. The number of methoxy groups -OCH3 is 1. The molecule has 4 heteroatoms. The molecule has 0 radical (unpaired) electrons. The van der Waals surface area contributed by atoms with Gasteiger partial charge in [0.25, 0.3) is 0 Å². The molecule has 0 spiro atoms. The molecule has 0 aromatic carbocycles. The molecule has 0 heterocycles. The predicted octanol–water partition coefficient (Wildman–Crippen LogP) is 0.464. The van der Waals surface area contributed by atoms with Crippen molar-refractivity contribution in [3.8, 4) is 0 Å². The predicted molar refractivity (Wildman–Crippen MR) is 47.0 cm³/mol. The summed E-state index contributed by atoms with van der Waals surface area (Å²) in [6.45, 7) is 1.46. The molecule has 1 fully saturated rings. The number of carbonyl (C=O) groups excluding carboxylic acids is 2. The fraction of sp³-hybridized carbons (Fsp3) is 0.778. The van der Waals surface area contributed by atoms with Crippen LogP contribution in [0.1, 0.15) is 26.2 Å². The molecule has 4 nitrogen and oxygen atoms in total. The highest BCUT2D eigenvalue weighted by molar-refractivity contribution is 5.77. The van der Waals surface area contributed by atoms with E-state index >= 15 is 0 Å². The zero-order valence-electron chi connectivity index (χ0n) is 8.00. The lowest BCUT2D eigenvalue weighted by Gasteiger charge is -2.17. The average molecular weight is 185 g/mol. The van der Waals surface area contributed by atoms with Crippen molar-refractivity contribution in [3.05, 3.63) is 0 Å². The Bertz CT molecular complexity index is 215. The summed E-state index contributed by atoms with van der Waals surface area (Å²) in [7, 11) is 1.38. The van der Waals surface area contributed by atoms with Crippen molar-refractivity contribution < 1.29 is 14.3 Å². The summed E-state index contributed by atoms with van der Waals surface area (Å²) in [5.41, 5.74) is 0. The molecule has 0 aliphatic heterocycles. The molecule has 0 saturated heterocycles. The Morgan fingerprint density at radius 2 is 2.08 bits per heavy atom. The second-order valence-electron chi connectivity index (χ2n) is 3.37. The van der Waals surface area contributed by atoms with Gasteiger partial charge in [0.2, 0.25) is 5.91 Å². The summed E-state index contributed by atoms with van der Waals surface area (Å²) in [4.78, 5) is 22.0. The second-order valence-corrected chi connectivity index (χ2v) is 3.37. The maximum atomic E-state index is 11.2. The SMILES string of the molecule is COC(=O)[C@H]1CCC[C@H]1NC(C)=O. The summed E-state index contributed by atoms with van der Waals surface area (Å²) in [5.74, 6) is -0.439. The molecular formula is C9H15NO3. The van der Waals surface area contributed by atoms with E-state index in [1.807, 2.05) is 0 Å². The van der Waals surface area contributed by atoms with Gasteiger partial charge in [-0.1, -0.05) is 6.42 Å². The molecule has 2 atom stereocenters. The van der Waals surface area contributed by atoms with Crippen molar-refractivity contribution in [2.75, 3.05) is 7.11 Å². The lowest BCUT2D eigenvalue weighted by molar-refractivity contribution is -0.146. The van der Waals surface area contributed by atoms with Crippen molar-refractivity contribution >= 4 is 11.9 Å². The van der Waals surface area contributed by atoms with Crippen LogP contribution in [0, 0.1) is 5.92 Å². The number of rotatable bonds is 2. The van der Waals surface area contributed by atoms with E-state index in [4.69, 9.17) is 0 Å². The van der Waals surface area contributed by atoms with Crippen LogP contribution in [-0.2, 0) is 14.3 Å². The maximum Gasteiger partial charge on any atom is 0.310 e. The van der Waals surface area contributed by atoms with Gasteiger partial charge in [-0.3, -0.25) is 9.59 Å². The highest BCUT2D eigenvalue weighted by atomic mass is 16.5. The molecule has 74 valence electrons. The Kier molecular flexibility index (Phi) is 3.28. The summed E-state index contributed by atoms with van der Waals surface area (Å²) < 4.78 is 4.66. The Balaban J connectivity index is 2.53. The summed E-state index contributed by atoms with van der Waals surface area (Å²) in [6, 6.07) is -0.0232. The molecule has 0 aromatic heterocycles. The topological polar surface area (TPSA) is 55.4 Å². The van der Waals surface area contributed by atoms with Crippen LogP contribution in [-0.4, -0.2) is 25.0 Å². The summed E-state index contributed by atoms with van der Waals surface area (Å²) in [6.07, 6.45) is 2.67. The van der Waals surface area contributed by atoms with Gasteiger partial charge in [-0.25, -0.2) is 0 Å². The fourth-order valence-electron chi connectivity index (χ4n) is 1.83. The Hall–Kier alpha value is -1.06. The Labute approximate surface area is 77.6 Å². The molecule has 1 N–H and O–H groups in total. The van der Waals surface area contributed by atoms with Gasteiger partial charge in [-0.2, -0.15) is 0 Å². The first-order chi connectivity index (χ1) is 6.15. The van der Waals surface area contributed by atoms with E-state index in [1.165, 1.54) is 14.0 Å². The molecule has 1 amide bonds. The largest absolute Gasteiger partial charge is 0.469 e. The third-order valence-corrected chi connectivity index (χ3v) is 2.41. The standard InChI is InChI=1S/C9H15NO3/c1-6(11)10-8-5-3-4-7(8)9(12)13-2/h7-8H,3-5H2,1-2H3,(H,10,11)/t7-,8+/m0/s1. The highest BCUT2D eigenvalue weighted by Crippen LogP contribution is 2.26. The van der Waals surface area contributed by atoms with Gasteiger partial charge in [-0.05, 0) is 12.8 Å². The van der Waals surface area contributed by atoms with Crippen LogP contribution >= 0.6 is 0 Å². The molecule has 13 heavy (non-hydrogen) atoms. The molecule has 0 unspecified atom stereocenters. The first-order valence-electron chi connectivity index (χ1n) is 4.50.